The predicted molar refractivity (Wildman–Crippen MR) is 128 cm³/mol. The number of aliphatic carboxylic acids is 1. The van der Waals surface area contributed by atoms with Crippen LogP contribution >= 0.6 is 0 Å². The number of carbonyl (C=O) groups excluding carboxylic acids is 2. The Labute approximate surface area is 203 Å². The van der Waals surface area contributed by atoms with Crippen LogP contribution < -0.4 is 10.6 Å². The number of aliphatic hydroxyl groups excluding tert-OH is 1. The maximum absolute atomic E-state index is 13.0. The van der Waals surface area contributed by atoms with Crippen molar-refractivity contribution in [3.05, 3.63) is 59.7 Å². The Balaban J connectivity index is 1.23. The second kappa shape index (κ2) is 9.00. The first kappa shape index (κ1) is 23.4. The first-order chi connectivity index (χ1) is 16.8. The number of hydrogen-bond donors (Lipinski definition) is 4. The molecule has 2 amide bonds. The van der Waals surface area contributed by atoms with Crippen LogP contribution in [0.15, 0.2) is 48.5 Å². The number of carbonyl (C=O) groups is 3. The minimum atomic E-state index is -1.54. The molecular weight excluding hydrogens is 448 g/mol. The van der Waals surface area contributed by atoms with E-state index in [9.17, 15) is 19.5 Å². The van der Waals surface area contributed by atoms with Gasteiger partial charge in [0.2, 0.25) is 5.91 Å². The number of nitrogens with one attached hydrogen (secondary N) is 2. The van der Waals surface area contributed by atoms with E-state index >= 15 is 0 Å². The Kier molecular flexibility index (Phi) is 6.01. The summed E-state index contributed by atoms with van der Waals surface area (Å²) in [5, 5.41) is 23.8. The summed E-state index contributed by atoms with van der Waals surface area (Å²) in [6, 6.07) is 16.2. The van der Waals surface area contributed by atoms with Gasteiger partial charge in [-0.05, 0) is 53.4 Å². The van der Waals surface area contributed by atoms with Crippen molar-refractivity contribution in [3.63, 3.8) is 0 Å². The Morgan fingerprint density at radius 3 is 2.14 bits per heavy atom. The molecule has 3 aliphatic rings. The zero-order chi connectivity index (χ0) is 24.6. The van der Waals surface area contributed by atoms with E-state index in [1.807, 2.05) is 36.4 Å². The molecule has 0 saturated heterocycles. The molecular formula is C27H30N2O6. The molecule has 0 aromatic heterocycles. The first-order valence-corrected chi connectivity index (χ1v) is 12.1. The lowest BCUT2D eigenvalue weighted by atomic mass is 9.48. The van der Waals surface area contributed by atoms with Crippen LogP contribution in [0.25, 0.3) is 11.1 Å². The number of amides is 2. The highest BCUT2D eigenvalue weighted by Gasteiger charge is 2.61. The van der Waals surface area contributed by atoms with Crippen molar-refractivity contribution in [1.82, 2.24) is 10.6 Å². The quantitative estimate of drug-likeness (QED) is 0.462. The fourth-order valence-corrected chi connectivity index (χ4v) is 6.01. The SMILES string of the molecule is O=C(NC1(C(=O)NCCC(O)C(=O)O)CC2(CCC2)C1)OCC1c2ccccc2-c2ccccc21. The maximum atomic E-state index is 13.0. The van der Waals surface area contributed by atoms with Gasteiger partial charge in [-0.15, -0.1) is 0 Å². The van der Waals surface area contributed by atoms with Crippen molar-refractivity contribution in [3.8, 4) is 11.1 Å². The van der Waals surface area contributed by atoms with Crippen molar-refractivity contribution >= 4 is 18.0 Å². The van der Waals surface area contributed by atoms with Gasteiger partial charge in [0.05, 0.1) is 0 Å². The third-order valence-electron chi connectivity index (χ3n) is 7.88. The van der Waals surface area contributed by atoms with Crippen molar-refractivity contribution in [2.24, 2.45) is 5.41 Å². The smallest absolute Gasteiger partial charge is 0.408 e. The number of fused-ring (bicyclic) bond motifs is 3. The summed E-state index contributed by atoms with van der Waals surface area (Å²) in [6.45, 7) is 0.168. The van der Waals surface area contributed by atoms with Crippen molar-refractivity contribution < 1.29 is 29.3 Å². The minimum absolute atomic E-state index is 0.00736. The van der Waals surface area contributed by atoms with E-state index in [-0.39, 0.29) is 36.8 Å². The molecule has 5 rings (SSSR count). The van der Waals surface area contributed by atoms with E-state index in [0.717, 1.165) is 41.5 Å². The number of hydrogen-bond acceptors (Lipinski definition) is 5. The van der Waals surface area contributed by atoms with E-state index < -0.39 is 23.7 Å². The largest absolute Gasteiger partial charge is 0.479 e. The number of aliphatic hydroxyl groups is 1. The molecule has 1 atom stereocenters. The number of carboxylic acids is 1. The molecule has 2 fully saturated rings. The van der Waals surface area contributed by atoms with E-state index in [0.29, 0.717) is 12.8 Å². The summed E-state index contributed by atoms with van der Waals surface area (Å²) >= 11 is 0. The summed E-state index contributed by atoms with van der Waals surface area (Å²) in [5.41, 5.74) is 3.53. The highest BCUT2D eigenvalue weighted by Crippen LogP contribution is 2.60. The van der Waals surface area contributed by atoms with Crippen molar-refractivity contribution in [1.29, 1.82) is 0 Å². The average Bonchev–Trinajstić information content (AvgIpc) is 3.12. The summed E-state index contributed by atoms with van der Waals surface area (Å²) in [6.07, 6.45) is 1.98. The molecule has 0 radical (unpaired) electrons. The number of rotatable bonds is 8. The number of carboxylic acid groups (broad SMARTS) is 1. The zero-order valence-corrected chi connectivity index (χ0v) is 19.5. The van der Waals surface area contributed by atoms with Crippen LogP contribution in [-0.4, -0.2) is 53.0 Å². The van der Waals surface area contributed by atoms with Crippen LogP contribution in [0.3, 0.4) is 0 Å². The maximum Gasteiger partial charge on any atom is 0.408 e. The van der Waals surface area contributed by atoms with Crippen LogP contribution in [0.4, 0.5) is 4.79 Å². The normalized spacial score (nSPS) is 19.5. The molecule has 0 heterocycles. The third-order valence-corrected chi connectivity index (χ3v) is 7.88. The van der Waals surface area contributed by atoms with E-state index in [1.165, 1.54) is 0 Å². The van der Waals surface area contributed by atoms with Gasteiger partial charge in [-0.2, -0.15) is 0 Å². The number of ether oxygens (including phenoxy) is 1. The molecule has 8 nitrogen and oxygen atoms in total. The average molecular weight is 479 g/mol. The molecule has 184 valence electrons. The Morgan fingerprint density at radius 1 is 1.00 bits per heavy atom. The van der Waals surface area contributed by atoms with Gasteiger partial charge >= 0.3 is 12.1 Å². The molecule has 2 aromatic rings. The Morgan fingerprint density at radius 2 is 1.60 bits per heavy atom. The standard InChI is InChI=1S/C27H30N2O6/c30-22(23(31)32)10-13-28-24(33)27(15-26(16-27)11-5-12-26)29-25(34)35-14-21-19-8-3-1-6-17(19)18-7-2-4-9-20(18)21/h1-4,6-9,21-22,30H,5,10-16H2,(H,28,33)(H,29,34)(H,31,32). The van der Waals surface area contributed by atoms with Gasteiger partial charge in [0.25, 0.3) is 0 Å². The molecule has 8 heteroatoms. The molecule has 0 bridgehead atoms. The molecule has 35 heavy (non-hydrogen) atoms. The molecule has 1 unspecified atom stereocenters. The lowest BCUT2D eigenvalue weighted by Gasteiger charge is -2.59. The molecule has 1 spiro atoms. The molecule has 0 aliphatic heterocycles. The van der Waals surface area contributed by atoms with Crippen molar-refractivity contribution in [2.45, 2.75) is 56.1 Å². The highest BCUT2D eigenvalue weighted by molar-refractivity contribution is 5.91. The van der Waals surface area contributed by atoms with Gasteiger partial charge in [0.1, 0.15) is 12.1 Å². The fraction of sp³-hybridized carbons (Fsp3) is 0.444. The van der Waals surface area contributed by atoms with E-state index in [1.54, 1.807) is 0 Å². The predicted octanol–water partition coefficient (Wildman–Crippen LogP) is 3.18. The summed E-state index contributed by atoms with van der Waals surface area (Å²) in [5.74, 6) is -1.77. The summed E-state index contributed by atoms with van der Waals surface area (Å²) in [4.78, 5) is 36.7. The topological polar surface area (TPSA) is 125 Å². The van der Waals surface area contributed by atoms with Crippen LogP contribution in [0.2, 0.25) is 0 Å². The Bertz CT molecular complexity index is 1100. The van der Waals surface area contributed by atoms with Gasteiger partial charge in [-0.3, -0.25) is 4.79 Å². The molecule has 4 N–H and O–H groups in total. The van der Waals surface area contributed by atoms with Gasteiger partial charge in [0.15, 0.2) is 6.10 Å². The van der Waals surface area contributed by atoms with Crippen LogP contribution in [-0.2, 0) is 14.3 Å². The van der Waals surface area contributed by atoms with Gasteiger partial charge in [-0.25, -0.2) is 9.59 Å². The first-order valence-electron chi connectivity index (χ1n) is 12.1. The summed E-state index contributed by atoms with van der Waals surface area (Å²) < 4.78 is 5.67. The molecule has 2 aromatic carbocycles. The van der Waals surface area contributed by atoms with Gasteiger partial charge in [0, 0.05) is 18.9 Å². The van der Waals surface area contributed by atoms with Gasteiger partial charge < -0.3 is 25.6 Å². The number of alkyl carbamates (subject to hydrolysis) is 1. The zero-order valence-electron chi connectivity index (χ0n) is 19.5. The molecule has 3 aliphatic carbocycles. The lowest BCUT2D eigenvalue weighted by molar-refractivity contribution is -0.148. The van der Waals surface area contributed by atoms with Crippen LogP contribution in [0.1, 0.15) is 55.6 Å². The fourth-order valence-electron chi connectivity index (χ4n) is 6.01. The highest BCUT2D eigenvalue weighted by atomic mass is 16.5. The van der Waals surface area contributed by atoms with Crippen LogP contribution in [0.5, 0.6) is 0 Å². The number of benzene rings is 2. The van der Waals surface area contributed by atoms with Crippen LogP contribution in [0, 0.1) is 5.41 Å². The minimum Gasteiger partial charge on any atom is -0.479 e. The molecule has 2 saturated carbocycles. The lowest BCUT2D eigenvalue weighted by Crippen LogP contribution is -2.70. The third kappa shape index (κ3) is 4.27. The summed E-state index contributed by atoms with van der Waals surface area (Å²) in [7, 11) is 0. The Hall–Kier alpha value is -3.39. The monoisotopic (exact) mass is 478 g/mol. The van der Waals surface area contributed by atoms with Crippen molar-refractivity contribution in [2.75, 3.05) is 13.2 Å². The van der Waals surface area contributed by atoms with E-state index in [4.69, 9.17) is 9.84 Å². The van der Waals surface area contributed by atoms with Gasteiger partial charge in [-0.1, -0.05) is 55.0 Å². The second-order valence-electron chi connectivity index (χ2n) is 10.1. The van der Waals surface area contributed by atoms with E-state index in [2.05, 4.69) is 22.8 Å². The second-order valence-corrected chi connectivity index (χ2v) is 10.1.